The Hall–Kier alpha value is -3.23. The van der Waals surface area contributed by atoms with Crippen molar-refractivity contribution in [1.82, 2.24) is 25.2 Å². The first-order valence-electron chi connectivity index (χ1n) is 9.17. The number of aryl methyl sites for hydroxylation is 1. The van der Waals surface area contributed by atoms with E-state index in [0.29, 0.717) is 36.6 Å². The van der Waals surface area contributed by atoms with Crippen LogP contribution in [0.25, 0.3) is 11.4 Å². The van der Waals surface area contributed by atoms with E-state index in [1.165, 1.54) is 0 Å². The molecular weight excluding hydrogens is 362 g/mol. The van der Waals surface area contributed by atoms with Crippen LogP contribution in [-0.2, 0) is 11.2 Å². The van der Waals surface area contributed by atoms with E-state index in [0.717, 1.165) is 24.2 Å². The van der Waals surface area contributed by atoms with Gasteiger partial charge in [0.1, 0.15) is 12.2 Å². The van der Waals surface area contributed by atoms with Gasteiger partial charge in [-0.25, -0.2) is 0 Å². The fourth-order valence-electron chi connectivity index (χ4n) is 3.28. The van der Waals surface area contributed by atoms with Crippen molar-refractivity contribution in [2.45, 2.75) is 32.1 Å². The van der Waals surface area contributed by atoms with Crippen LogP contribution in [0.15, 0.2) is 33.2 Å². The molecule has 0 aliphatic carbocycles. The maximum Gasteiger partial charge on any atom is 0.236 e. The summed E-state index contributed by atoms with van der Waals surface area (Å²) in [6.07, 6.45) is 1.69. The van der Waals surface area contributed by atoms with Crippen LogP contribution in [0.2, 0.25) is 0 Å². The lowest BCUT2D eigenvalue weighted by atomic mass is 9.96. The number of nitrogens with zero attached hydrogens (tertiary/aromatic N) is 5. The van der Waals surface area contributed by atoms with Crippen molar-refractivity contribution in [2.24, 2.45) is 0 Å². The van der Waals surface area contributed by atoms with E-state index in [1.807, 2.05) is 29.2 Å². The minimum absolute atomic E-state index is 0.0231. The molecule has 3 aromatic rings. The largest absolute Gasteiger partial charge is 0.497 e. The zero-order valence-electron chi connectivity index (χ0n) is 15.8. The van der Waals surface area contributed by atoms with E-state index in [9.17, 15) is 4.79 Å². The summed E-state index contributed by atoms with van der Waals surface area (Å²) in [4.78, 5) is 18.7. The molecule has 0 bridgehead atoms. The fourth-order valence-corrected chi connectivity index (χ4v) is 3.28. The second-order valence-corrected chi connectivity index (χ2v) is 6.73. The third-order valence-electron chi connectivity index (χ3n) is 4.86. The van der Waals surface area contributed by atoms with Gasteiger partial charge >= 0.3 is 0 Å². The first-order valence-corrected chi connectivity index (χ1v) is 9.17. The second-order valence-electron chi connectivity index (χ2n) is 6.73. The Bertz CT molecular complexity index is 941. The zero-order valence-corrected chi connectivity index (χ0v) is 15.8. The zero-order chi connectivity index (χ0) is 19.5. The number of aromatic nitrogens is 4. The summed E-state index contributed by atoms with van der Waals surface area (Å²) in [5.41, 5.74) is 0.805. The van der Waals surface area contributed by atoms with Gasteiger partial charge in [-0.2, -0.15) is 4.98 Å². The Kier molecular flexibility index (Phi) is 5.05. The van der Waals surface area contributed by atoms with Crippen molar-refractivity contribution < 1.29 is 18.5 Å². The molecule has 0 spiro atoms. The molecule has 1 amide bonds. The smallest absolute Gasteiger partial charge is 0.236 e. The van der Waals surface area contributed by atoms with E-state index in [2.05, 4.69) is 20.3 Å². The lowest BCUT2D eigenvalue weighted by Crippen LogP contribution is -2.38. The van der Waals surface area contributed by atoms with Gasteiger partial charge < -0.3 is 18.6 Å². The number of rotatable bonds is 5. The predicted octanol–water partition coefficient (Wildman–Crippen LogP) is 2.39. The summed E-state index contributed by atoms with van der Waals surface area (Å²) in [5.74, 6) is 2.92. The standard InChI is InChI=1S/C19H21N5O4/c1-12-21-22-19(27-12)14-7-9-24(10-8-14)17(25)11-16-20-18(23-28-16)13-3-5-15(26-2)6-4-13/h3-6,14H,7-11H2,1-2H3. The topological polar surface area (TPSA) is 107 Å². The van der Waals surface area contributed by atoms with Crippen LogP contribution < -0.4 is 4.74 Å². The highest BCUT2D eigenvalue weighted by molar-refractivity contribution is 5.78. The van der Waals surface area contributed by atoms with Gasteiger partial charge in [0.2, 0.25) is 29.4 Å². The molecule has 1 saturated heterocycles. The Balaban J connectivity index is 1.33. The average molecular weight is 383 g/mol. The number of likely N-dealkylation sites (tertiary alicyclic amines) is 1. The van der Waals surface area contributed by atoms with Crippen molar-refractivity contribution in [3.8, 4) is 17.1 Å². The van der Waals surface area contributed by atoms with E-state index >= 15 is 0 Å². The molecule has 28 heavy (non-hydrogen) atoms. The van der Waals surface area contributed by atoms with Crippen LogP contribution in [-0.4, -0.2) is 51.3 Å². The Labute approximate surface area is 161 Å². The van der Waals surface area contributed by atoms with Gasteiger partial charge in [0.15, 0.2) is 0 Å². The summed E-state index contributed by atoms with van der Waals surface area (Å²) in [6, 6.07) is 7.34. The minimum atomic E-state index is -0.0231. The van der Waals surface area contributed by atoms with Gasteiger partial charge in [-0.3, -0.25) is 4.79 Å². The van der Waals surface area contributed by atoms with Crippen molar-refractivity contribution in [1.29, 1.82) is 0 Å². The van der Waals surface area contributed by atoms with Gasteiger partial charge in [-0.1, -0.05) is 5.16 Å². The summed E-state index contributed by atoms with van der Waals surface area (Å²) in [6.45, 7) is 3.06. The molecule has 1 aliphatic heterocycles. The number of hydrogen-bond acceptors (Lipinski definition) is 8. The minimum Gasteiger partial charge on any atom is -0.497 e. The molecule has 4 rings (SSSR count). The van der Waals surface area contributed by atoms with E-state index in [-0.39, 0.29) is 18.2 Å². The number of ether oxygens (including phenoxy) is 1. The van der Waals surface area contributed by atoms with Crippen molar-refractivity contribution in [3.63, 3.8) is 0 Å². The number of hydrogen-bond donors (Lipinski definition) is 0. The highest BCUT2D eigenvalue weighted by atomic mass is 16.5. The summed E-state index contributed by atoms with van der Waals surface area (Å²) >= 11 is 0. The molecule has 1 aliphatic rings. The number of carbonyl (C=O) groups excluding carboxylic acids is 1. The highest BCUT2D eigenvalue weighted by Crippen LogP contribution is 2.27. The summed E-state index contributed by atoms with van der Waals surface area (Å²) in [7, 11) is 1.61. The van der Waals surface area contributed by atoms with Gasteiger partial charge in [-0.05, 0) is 37.1 Å². The maximum absolute atomic E-state index is 12.6. The quantitative estimate of drug-likeness (QED) is 0.661. The number of amides is 1. The Morgan fingerprint density at radius 1 is 1.21 bits per heavy atom. The van der Waals surface area contributed by atoms with Crippen molar-refractivity contribution >= 4 is 5.91 Å². The third-order valence-corrected chi connectivity index (χ3v) is 4.86. The van der Waals surface area contributed by atoms with Crippen molar-refractivity contribution in [2.75, 3.05) is 20.2 Å². The van der Waals surface area contributed by atoms with Gasteiger partial charge in [0, 0.05) is 31.5 Å². The average Bonchev–Trinajstić information content (AvgIpc) is 3.37. The van der Waals surface area contributed by atoms with Crippen LogP contribution >= 0.6 is 0 Å². The van der Waals surface area contributed by atoms with Crippen molar-refractivity contribution in [3.05, 3.63) is 41.9 Å². The lowest BCUT2D eigenvalue weighted by molar-refractivity contribution is -0.132. The number of piperidine rings is 1. The molecule has 2 aromatic heterocycles. The van der Waals surface area contributed by atoms with E-state index < -0.39 is 0 Å². The van der Waals surface area contributed by atoms with Crippen LogP contribution in [0.3, 0.4) is 0 Å². The molecule has 1 aromatic carbocycles. The third kappa shape index (κ3) is 3.88. The van der Waals surface area contributed by atoms with Crippen LogP contribution in [0.1, 0.15) is 36.4 Å². The predicted molar refractivity (Wildman–Crippen MR) is 97.6 cm³/mol. The first kappa shape index (κ1) is 18.1. The molecular formula is C19H21N5O4. The van der Waals surface area contributed by atoms with Gasteiger partial charge in [0.05, 0.1) is 7.11 Å². The molecule has 1 fully saturated rings. The summed E-state index contributed by atoms with van der Waals surface area (Å²) in [5, 5.41) is 11.9. The number of methoxy groups -OCH3 is 1. The molecule has 0 N–H and O–H groups in total. The Morgan fingerprint density at radius 2 is 1.96 bits per heavy atom. The molecule has 0 radical (unpaired) electrons. The van der Waals surface area contributed by atoms with Crippen LogP contribution in [0.5, 0.6) is 5.75 Å². The molecule has 9 heteroatoms. The molecule has 0 atom stereocenters. The van der Waals surface area contributed by atoms with E-state index in [1.54, 1.807) is 14.0 Å². The summed E-state index contributed by atoms with van der Waals surface area (Å²) < 4.78 is 15.9. The second kappa shape index (κ2) is 7.79. The molecule has 146 valence electrons. The van der Waals surface area contributed by atoms with Gasteiger partial charge in [-0.15, -0.1) is 10.2 Å². The van der Waals surface area contributed by atoms with E-state index in [4.69, 9.17) is 13.7 Å². The Morgan fingerprint density at radius 3 is 2.61 bits per heavy atom. The molecule has 0 unspecified atom stereocenters. The normalized spacial score (nSPS) is 15.0. The number of carbonyl (C=O) groups is 1. The first-order chi connectivity index (χ1) is 13.6. The SMILES string of the molecule is COc1ccc(-c2noc(CC(=O)N3CCC(c4nnc(C)o4)CC3)n2)cc1. The molecule has 3 heterocycles. The van der Waals surface area contributed by atoms with Crippen LogP contribution in [0.4, 0.5) is 0 Å². The highest BCUT2D eigenvalue weighted by Gasteiger charge is 2.28. The lowest BCUT2D eigenvalue weighted by Gasteiger charge is -2.30. The monoisotopic (exact) mass is 383 g/mol. The maximum atomic E-state index is 12.6. The van der Waals surface area contributed by atoms with Crippen LogP contribution in [0, 0.1) is 6.92 Å². The molecule has 0 saturated carbocycles. The van der Waals surface area contributed by atoms with Gasteiger partial charge in [0.25, 0.3) is 0 Å². The molecule has 9 nitrogen and oxygen atoms in total. The number of benzene rings is 1. The fraction of sp³-hybridized carbons (Fsp3) is 0.421.